The van der Waals surface area contributed by atoms with Crippen LogP contribution in [0.15, 0.2) is 186 Å². The molecule has 8 aromatic carbocycles. The van der Waals surface area contributed by atoms with E-state index in [-0.39, 0.29) is 0 Å². The first-order valence-electron chi connectivity index (χ1n) is 19.8. The lowest BCUT2D eigenvalue weighted by Gasteiger charge is -2.14. The lowest BCUT2D eigenvalue weighted by atomic mass is 9.95. The van der Waals surface area contributed by atoms with Gasteiger partial charge in [0.05, 0.1) is 16.6 Å². The van der Waals surface area contributed by atoms with E-state index in [9.17, 15) is 0 Å². The van der Waals surface area contributed by atoms with Crippen molar-refractivity contribution in [2.24, 2.45) is 0 Å². The molecule has 0 radical (unpaired) electrons. The molecule has 3 heterocycles. The topological polar surface area (TPSA) is 56.7 Å². The second-order valence-electron chi connectivity index (χ2n) is 15.1. The van der Waals surface area contributed by atoms with Crippen LogP contribution >= 0.6 is 0 Å². The van der Waals surface area contributed by atoms with Crippen LogP contribution in [0.1, 0.15) is 23.6 Å². The first-order valence-corrected chi connectivity index (χ1v) is 19.8. The lowest BCUT2D eigenvalue weighted by Crippen LogP contribution is -2.06. The summed E-state index contributed by atoms with van der Waals surface area (Å²) < 4.78 is 8.91. The van der Waals surface area contributed by atoms with Crippen molar-refractivity contribution < 1.29 is 4.42 Å². The van der Waals surface area contributed by atoms with Crippen LogP contribution in [-0.4, -0.2) is 19.5 Å². The lowest BCUT2D eigenvalue weighted by molar-refractivity contribution is 0.590. The highest BCUT2D eigenvalue weighted by Gasteiger charge is 2.25. The van der Waals surface area contributed by atoms with Gasteiger partial charge in [-0.25, -0.2) is 15.0 Å². The van der Waals surface area contributed by atoms with Crippen LogP contribution in [0.5, 0.6) is 0 Å². The smallest absolute Gasteiger partial charge is 0.167 e. The summed E-state index contributed by atoms with van der Waals surface area (Å²) in [5, 5.41) is 8.66. The molecule has 58 heavy (non-hydrogen) atoms. The Morgan fingerprint density at radius 2 is 0.948 bits per heavy atom. The Morgan fingerprint density at radius 1 is 0.431 bits per heavy atom. The van der Waals surface area contributed by atoms with E-state index in [1.54, 1.807) is 0 Å². The molecule has 0 amide bonds. The molecule has 0 spiro atoms. The van der Waals surface area contributed by atoms with Crippen LogP contribution in [0.25, 0.3) is 99.5 Å². The van der Waals surface area contributed by atoms with E-state index in [1.807, 2.05) is 18.2 Å². The molecule has 0 N–H and O–H groups in total. The second kappa shape index (κ2) is 13.0. The first kappa shape index (κ1) is 32.6. The van der Waals surface area contributed by atoms with E-state index in [2.05, 4.69) is 168 Å². The van der Waals surface area contributed by atoms with E-state index < -0.39 is 0 Å². The average molecular weight is 743 g/mol. The SMILES string of the molecule is C1=C(c2nc(-c3ccc(-c4ccccc4)cc3)nc(-c3ccc(-n4c5ccc6ccccc6c5c5c6ccccc6ccc54)cc3)n2)c2oc3ccccc3c2CC1. The minimum atomic E-state index is 0.609. The number of aromatic nitrogens is 4. The van der Waals surface area contributed by atoms with Crippen molar-refractivity contribution in [3.63, 3.8) is 0 Å². The van der Waals surface area contributed by atoms with Gasteiger partial charge in [-0.15, -0.1) is 0 Å². The maximum absolute atomic E-state index is 6.52. The van der Waals surface area contributed by atoms with Gasteiger partial charge in [-0.3, -0.25) is 0 Å². The van der Waals surface area contributed by atoms with Crippen LogP contribution < -0.4 is 0 Å². The van der Waals surface area contributed by atoms with Gasteiger partial charge in [-0.2, -0.15) is 0 Å². The fraction of sp³-hybridized carbons (Fsp3) is 0.0377. The number of aryl methyl sites for hydroxylation is 1. The Morgan fingerprint density at radius 3 is 1.60 bits per heavy atom. The summed E-state index contributed by atoms with van der Waals surface area (Å²) in [5.74, 6) is 2.69. The number of hydrogen-bond donors (Lipinski definition) is 0. The summed E-state index contributed by atoms with van der Waals surface area (Å²) in [4.78, 5) is 15.5. The molecule has 0 saturated heterocycles. The monoisotopic (exact) mass is 742 g/mol. The number of nitrogens with zero attached hydrogens (tertiary/aromatic N) is 4. The van der Waals surface area contributed by atoms with Crippen molar-refractivity contribution in [3.05, 3.63) is 199 Å². The van der Waals surface area contributed by atoms with Crippen molar-refractivity contribution in [1.82, 2.24) is 19.5 Å². The minimum Gasteiger partial charge on any atom is -0.456 e. The zero-order valence-electron chi connectivity index (χ0n) is 31.4. The Bertz CT molecular complexity index is 3340. The number of benzene rings is 8. The Balaban J connectivity index is 1.02. The van der Waals surface area contributed by atoms with Crippen molar-refractivity contribution in [2.45, 2.75) is 12.8 Å². The summed E-state index contributed by atoms with van der Waals surface area (Å²) >= 11 is 0. The van der Waals surface area contributed by atoms with Gasteiger partial charge in [0.1, 0.15) is 11.3 Å². The largest absolute Gasteiger partial charge is 0.456 e. The van der Waals surface area contributed by atoms with E-state index in [1.165, 1.54) is 54.5 Å². The van der Waals surface area contributed by atoms with Crippen molar-refractivity contribution in [3.8, 4) is 39.6 Å². The van der Waals surface area contributed by atoms with E-state index in [0.29, 0.717) is 17.5 Å². The number of hydrogen-bond acceptors (Lipinski definition) is 4. The molecular weight excluding hydrogens is 709 g/mol. The van der Waals surface area contributed by atoms with Crippen LogP contribution in [0.2, 0.25) is 0 Å². The van der Waals surface area contributed by atoms with Gasteiger partial charge in [0, 0.05) is 38.5 Å². The number of rotatable bonds is 5. The van der Waals surface area contributed by atoms with E-state index >= 15 is 0 Å². The molecule has 1 aliphatic rings. The molecule has 0 fully saturated rings. The van der Waals surface area contributed by atoms with Gasteiger partial charge < -0.3 is 8.98 Å². The van der Waals surface area contributed by atoms with Gasteiger partial charge in [0.25, 0.3) is 0 Å². The molecule has 272 valence electrons. The maximum atomic E-state index is 6.52. The van der Waals surface area contributed by atoms with Gasteiger partial charge >= 0.3 is 0 Å². The Hall–Kier alpha value is -7.63. The summed E-state index contributed by atoms with van der Waals surface area (Å²) in [7, 11) is 0. The molecule has 0 bridgehead atoms. The number of para-hydroxylation sites is 1. The molecule has 0 saturated carbocycles. The van der Waals surface area contributed by atoms with Gasteiger partial charge in [0.15, 0.2) is 17.5 Å². The zero-order chi connectivity index (χ0) is 38.2. The predicted molar refractivity (Wildman–Crippen MR) is 237 cm³/mol. The first-order chi connectivity index (χ1) is 28.7. The fourth-order valence-electron chi connectivity index (χ4n) is 8.99. The van der Waals surface area contributed by atoms with Gasteiger partial charge in [0.2, 0.25) is 0 Å². The minimum absolute atomic E-state index is 0.609. The molecule has 3 aromatic heterocycles. The molecular formula is C53H34N4O. The highest BCUT2D eigenvalue weighted by atomic mass is 16.3. The van der Waals surface area contributed by atoms with Crippen molar-refractivity contribution in [1.29, 1.82) is 0 Å². The molecule has 11 aromatic rings. The molecule has 0 aliphatic heterocycles. The highest BCUT2D eigenvalue weighted by Crippen LogP contribution is 2.41. The number of allylic oxidation sites excluding steroid dienone is 1. The Kier molecular flexibility index (Phi) is 7.29. The van der Waals surface area contributed by atoms with Crippen LogP contribution in [0, 0.1) is 0 Å². The molecule has 5 heteroatoms. The van der Waals surface area contributed by atoms with Crippen molar-refractivity contribution in [2.75, 3.05) is 0 Å². The van der Waals surface area contributed by atoms with Crippen molar-refractivity contribution >= 4 is 59.9 Å². The second-order valence-corrected chi connectivity index (χ2v) is 15.1. The number of furan rings is 1. The average Bonchev–Trinajstić information content (AvgIpc) is 3.86. The molecule has 1 aliphatic carbocycles. The maximum Gasteiger partial charge on any atom is 0.167 e. The number of fused-ring (bicyclic) bond motifs is 10. The predicted octanol–water partition coefficient (Wildman–Crippen LogP) is 13.4. The van der Waals surface area contributed by atoms with Gasteiger partial charge in [-0.05, 0) is 88.0 Å². The molecule has 0 atom stereocenters. The van der Waals surface area contributed by atoms with Crippen LogP contribution in [-0.2, 0) is 6.42 Å². The fourth-order valence-corrected chi connectivity index (χ4v) is 8.99. The van der Waals surface area contributed by atoms with E-state index in [4.69, 9.17) is 19.4 Å². The summed E-state index contributed by atoms with van der Waals surface area (Å²) in [6, 6.07) is 62.2. The van der Waals surface area contributed by atoms with Crippen LogP contribution in [0.3, 0.4) is 0 Å². The van der Waals surface area contributed by atoms with Crippen LogP contribution in [0.4, 0.5) is 0 Å². The zero-order valence-corrected chi connectivity index (χ0v) is 31.4. The normalized spacial score (nSPS) is 12.8. The molecule has 0 unspecified atom stereocenters. The highest BCUT2D eigenvalue weighted by molar-refractivity contribution is 6.28. The third kappa shape index (κ3) is 5.14. The summed E-state index contributed by atoms with van der Waals surface area (Å²) in [6.45, 7) is 0. The molecule has 12 rings (SSSR count). The third-order valence-corrected chi connectivity index (χ3v) is 11.7. The summed E-state index contributed by atoms with van der Waals surface area (Å²) in [6.07, 6.45) is 4.01. The third-order valence-electron chi connectivity index (χ3n) is 11.7. The molecule has 5 nitrogen and oxygen atoms in total. The van der Waals surface area contributed by atoms with E-state index in [0.717, 1.165) is 57.5 Å². The standard InChI is InChI=1S/C53H34N4O/c1-2-11-33(12-3-1)34-21-23-37(24-22-34)51-54-52(56-53(55-51)44-19-10-18-43-42-17-8-9-20-47(42)58-50(43)44)38-25-29-39(30-26-38)57-45-31-27-35-13-4-6-15-40(35)48(45)49-41-16-7-5-14-36(41)28-32-46(49)57/h1-9,11-17,19-32H,10,18H2. The summed E-state index contributed by atoms with van der Waals surface area (Å²) in [5.41, 5.74) is 10.6. The Labute approximate surface area is 334 Å². The quantitative estimate of drug-likeness (QED) is 0.176. The van der Waals surface area contributed by atoms with Gasteiger partial charge in [-0.1, -0.05) is 140 Å².